The lowest BCUT2D eigenvalue weighted by Crippen LogP contribution is -2.34. The molecule has 2 aromatic heterocycles. The maximum Gasteiger partial charge on any atom is 0.271 e. The van der Waals surface area contributed by atoms with Crippen LogP contribution in [0.3, 0.4) is 0 Å². The molecule has 0 bridgehead atoms. The Hall–Kier alpha value is -2.84. The van der Waals surface area contributed by atoms with Crippen molar-refractivity contribution in [3.63, 3.8) is 0 Å². The lowest BCUT2D eigenvalue weighted by molar-refractivity contribution is 0.0938. The zero-order chi connectivity index (χ0) is 20.3. The average Bonchev–Trinajstić information content (AvgIpc) is 3.49. The van der Waals surface area contributed by atoms with E-state index >= 15 is 0 Å². The topological polar surface area (TPSA) is 95.1 Å². The largest absolute Gasteiger partial charge is 0.342 e. The molecule has 30 heavy (non-hydrogen) atoms. The quantitative estimate of drug-likeness (QED) is 0.511. The minimum Gasteiger partial charge on any atom is -0.342 e. The highest BCUT2D eigenvalue weighted by atomic mass is 32.1. The van der Waals surface area contributed by atoms with Crippen molar-refractivity contribution in [2.45, 2.75) is 44.7 Å². The molecule has 1 atom stereocenters. The number of aromatic nitrogens is 3. The molecule has 3 aromatic rings. The van der Waals surface area contributed by atoms with E-state index in [0.717, 1.165) is 66.2 Å². The molecule has 3 heterocycles. The van der Waals surface area contributed by atoms with E-state index in [4.69, 9.17) is 0 Å². The third-order valence-electron chi connectivity index (χ3n) is 5.57. The van der Waals surface area contributed by atoms with Crippen LogP contribution in [0.2, 0.25) is 0 Å². The van der Waals surface area contributed by atoms with Gasteiger partial charge in [0.05, 0.1) is 34.3 Å². The summed E-state index contributed by atoms with van der Waals surface area (Å²) < 4.78 is 0. The molecule has 0 saturated carbocycles. The molecule has 1 aliphatic heterocycles. The number of benzene rings is 1. The van der Waals surface area contributed by atoms with Crippen LogP contribution in [-0.2, 0) is 13.0 Å². The van der Waals surface area contributed by atoms with Gasteiger partial charge in [-0.05, 0) is 43.4 Å². The van der Waals surface area contributed by atoms with Gasteiger partial charge in [0, 0.05) is 24.6 Å². The SMILES string of the molecule is O=C(NC1CCC2=C1N=CCC2)c1csc(CCNCc2nc3ccccc3[nH]2)n1. The van der Waals surface area contributed by atoms with Gasteiger partial charge < -0.3 is 15.6 Å². The maximum absolute atomic E-state index is 12.6. The van der Waals surface area contributed by atoms with Gasteiger partial charge in [-0.1, -0.05) is 12.1 Å². The molecule has 5 rings (SSSR count). The lowest BCUT2D eigenvalue weighted by atomic mass is 10.1. The highest BCUT2D eigenvalue weighted by Crippen LogP contribution is 2.32. The Balaban J connectivity index is 1.11. The van der Waals surface area contributed by atoms with Crippen molar-refractivity contribution < 1.29 is 4.79 Å². The van der Waals surface area contributed by atoms with Crippen molar-refractivity contribution >= 4 is 34.5 Å². The van der Waals surface area contributed by atoms with Gasteiger partial charge in [-0.3, -0.25) is 9.79 Å². The molecule has 0 radical (unpaired) electrons. The molecular formula is C22H24N6OS. The molecule has 1 amide bonds. The number of thiazole rings is 1. The zero-order valence-corrected chi connectivity index (χ0v) is 17.5. The number of aromatic amines is 1. The number of amides is 1. The summed E-state index contributed by atoms with van der Waals surface area (Å²) in [6.45, 7) is 1.45. The van der Waals surface area contributed by atoms with Gasteiger partial charge in [0.1, 0.15) is 11.5 Å². The Morgan fingerprint density at radius 1 is 1.23 bits per heavy atom. The van der Waals surface area contributed by atoms with Crippen LogP contribution in [0.25, 0.3) is 11.0 Å². The number of nitrogens with zero attached hydrogens (tertiary/aromatic N) is 3. The molecule has 8 heteroatoms. The number of para-hydroxylation sites is 2. The number of aliphatic imine (C=N–C) groups is 1. The molecule has 0 fully saturated rings. The number of rotatable bonds is 7. The Morgan fingerprint density at radius 3 is 3.10 bits per heavy atom. The van der Waals surface area contributed by atoms with Gasteiger partial charge >= 0.3 is 0 Å². The van der Waals surface area contributed by atoms with E-state index in [9.17, 15) is 4.79 Å². The standard InChI is InChI=1S/C22H24N6OS/c29-22(28-17-8-7-14-4-3-10-24-21(14)17)18-13-30-20(27-18)9-11-23-12-19-25-15-5-1-2-6-16(15)26-19/h1-2,5-6,10,13,17,23H,3-4,7-9,11-12H2,(H,25,26)(H,28,29). The number of imidazole rings is 1. The molecule has 1 unspecified atom stereocenters. The van der Waals surface area contributed by atoms with Crippen LogP contribution in [-0.4, -0.2) is 39.7 Å². The Morgan fingerprint density at radius 2 is 2.17 bits per heavy atom. The van der Waals surface area contributed by atoms with Crippen molar-refractivity contribution in [3.8, 4) is 0 Å². The Bertz CT molecular complexity index is 1090. The highest BCUT2D eigenvalue weighted by Gasteiger charge is 2.28. The van der Waals surface area contributed by atoms with Crippen LogP contribution >= 0.6 is 11.3 Å². The molecule has 1 aromatic carbocycles. The average molecular weight is 421 g/mol. The predicted octanol–water partition coefficient (Wildman–Crippen LogP) is 3.36. The third-order valence-corrected chi connectivity index (χ3v) is 6.48. The molecule has 154 valence electrons. The first kappa shape index (κ1) is 19.1. The van der Waals surface area contributed by atoms with E-state index in [0.29, 0.717) is 12.2 Å². The van der Waals surface area contributed by atoms with Crippen molar-refractivity contribution in [2.24, 2.45) is 4.99 Å². The summed E-state index contributed by atoms with van der Waals surface area (Å²) in [5.41, 5.74) is 5.00. The fourth-order valence-corrected chi connectivity index (χ4v) is 4.84. The number of hydrogen-bond acceptors (Lipinski definition) is 6. The molecule has 2 aliphatic rings. The number of H-pyrrole nitrogens is 1. The molecule has 1 aliphatic carbocycles. The van der Waals surface area contributed by atoms with Gasteiger partial charge in [0.25, 0.3) is 5.91 Å². The van der Waals surface area contributed by atoms with Gasteiger partial charge in [-0.15, -0.1) is 11.3 Å². The van der Waals surface area contributed by atoms with E-state index in [-0.39, 0.29) is 11.9 Å². The van der Waals surface area contributed by atoms with Gasteiger partial charge in [-0.25, -0.2) is 9.97 Å². The monoisotopic (exact) mass is 420 g/mol. The van der Waals surface area contributed by atoms with Crippen LogP contribution in [0.15, 0.2) is 45.9 Å². The first-order valence-corrected chi connectivity index (χ1v) is 11.3. The second-order valence-electron chi connectivity index (χ2n) is 7.66. The molecule has 0 spiro atoms. The zero-order valence-electron chi connectivity index (χ0n) is 16.6. The first-order chi connectivity index (χ1) is 14.8. The van der Waals surface area contributed by atoms with Crippen molar-refractivity contribution in [3.05, 3.63) is 57.4 Å². The Kier molecular flexibility index (Phi) is 5.42. The van der Waals surface area contributed by atoms with Gasteiger partial charge in [0.15, 0.2) is 0 Å². The van der Waals surface area contributed by atoms with E-state index < -0.39 is 0 Å². The summed E-state index contributed by atoms with van der Waals surface area (Å²) >= 11 is 1.53. The number of hydrogen-bond donors (Lipinski definition) is 3. The van der Waals surface area contributed by atoms with E-state index in [1.807, 2.05) is 35.9 Å². The minimum atomic E-state index is -0.104. The summed E-state index contributed by atoms with van der Waals surface area (Å²) in [5, 5.41) is 9.31. The summed E-state index contributed by atoms with van der Waals surface area (Å²) in [7, 11) is 0. The van der Waals surface area contributed by atoms with E-state index in [1.165, 1.54) is 16.9 Å². The second-order valence-corrected chi connectivity index (χ2v) is 8.60. The molecular weight excluding hydrogens is 396 g/mol. The van der Waals surface area contributed by atoms with Crippen molar-refractivity contribution in [2.75, 3.05) is 6.54 Å². The number of nitrogens with one attached hydrogen (secondary N) is 3. The normalized spacial score (nSPS) is 18.2. The van der Waals surface area contributed by atoms with Crippen molar-refractivity contribution in [1.82, 2.24) is 25.6 Å². The van der Waals surface area contributed by atoms with E-state index in [1.54, 1.807) is 0 Å². The fraction of sp³-hybridized carbons (Fsp3) is 0.364. The van der Waals surface area contributed by atoms with Crippen LogP contribution in [0.5, 0.6) is 0 Å². The second kappa shape index (κ2) is 8.49. The number of allylic oxidation sites excluding steroid dienone is 1. The Labute approximate surface area is 178 Å². The highest BCUT2D eigenvalue weighted by molar-refractivity contribution is 7.09. The summed E-state index contributed by atoms with van der Waals surface area (Å²) in [4.78, 5) is 29.5. The summed E-state index contributed by atoms with van der Waals surface area (Å²) in [6.07, 6.45) is 6.81. The van der Waals surface area contributed by atoms with E-state index in [2.05, 4.69) is 30.6 Å². The summed E-state index contributed by atoms with van der Waals surface area (Å²) in [6, 6.07) is 8.04. The number of carbonyl (C=O) groups is 1. The number of fused-ring (bicyclic) bond motifs is 1. The van der Waals surface area contributed by atoms with Crippen LogP contribution in [0.1, 0.15) is 47.0 Å². The lowest BCUT2D eigenvalue weighted by Gasteiger charge is -2.15. The first-order valence-electron chi connectivity index (χ1n) is 10.4. The molecule has 7 nitrogen and oxygen atoms in total. The fourth-order valence-electron chi connectivity index (χ4n) is 4.06. The predicted molar refractivity (Wildman–Crippen MR) is 119 cm³/mol. The van der Waals surface area contributed by atoms with Crippen molar-refractivity contribution in [1.29, 1.82) is 0 Å². The van der Waals surface area contributed by atoms with Crippen LogP contribution in [0.4, 0.5) is 0 Å². The maximum atomic E-state index is 12.6. The van der Waals surface area contributed by atoms with Gasteiger partial charge in [0.2, 0.25) is 0 Å². The minimum absolute atomic E-state index is 0.0275. The smallest absolute Gasteiger partial charge is 0.271 e. The third kappa shape index (κ3) is 4.06. The van der Waals surface area contributed by atoms with Crippen LogP contribution < -0.4 is 10.6 Å². The van der Waals surface area contributed by atoms with Gasteiger partial charge in [-0.2, -0.15) is 0 Å². The van der Waals surface area contributed by atoms with Crippen LogP contribution in [0, 0.1) is 0 Å². The molecule has 0 saturated heterocycles. The molecule has 3 N–H and O–H groups in total. The summed E-state index contributed by atoms with van der Waals surface area (Å²) in [5.74, 6) is 0.818. The number of carbonyl (C=O) groups excluding carboxylic acids is 1.